The van der Waals surface area contributed by atoms with Crippen LogP contribution in [0.25, 0.3) is 44.7 Å². The van der Waals surface area contributed by atoms with Crippen LogP contribution in [-0.4, -0.2) is 89.7 Å². The summed E-state index contributed by atoms with van der Waals surface area (Å²) in [5.74, 6) is 1.19. The van der Waals surface area contributed by atoms with Gasteiger partial charge in [-0.05, 0) is 89.6 Å². The summed E-state index contributed by atoms with van der Waals surface area (Å²) in [7, 11) is 2.96. The number of rotatable bonds is 10. The van der Waals surface area contributed by atoms with Gasteiger partial charge in [-0.2, -0.15) is 0 Å². The predicted octanol–water partition coefficient (Wildman–Crippen LogP) is 9.47. The third-order valence-corrected chi connectivity index (χ3v) is 13.2. The van der Waals surface area contributed by atoms with Gasteiger partial charge in [0.15, 0.2) is 0 Å². The minimum Gasteiger partial charge on any atom is -0.464 e. The van der Waals surface area contributed by atoms with Gasteiger partial charge in [-0.1, -0.05) is 19.9 Å². The number of hydrogen-bond acceptors (Lipinski definition) is 10. The second-order valence-electron chi connectivity index (χ2n) is 18.0. The molecular formula is C46H52FN9O6S. The van der Waals surface area contributed by atoms with Gasteiger partial charge in [-0.25, -0.2) is 28.9 Å². The molecule has 0 bridgehead atoms. The highest BCUT2D eigenvalue weighted by molar-refractivity contribution is 7.11. The molecule has 6 heterocycles. The number of imidazole rings is 2. The summed E-state index contributed by atoms with van der Waals surface area (Å²) in [4.78, 5) is 63.7. The second-order valence-corrected chi connectivity index (χ2v) is 19.1. The lowest BCUT2D eigenvalue weighted by Gasteiger charge is -2.30. The van der Waals surface area contributed by atoms with Crippen LogP contribution in [0.1, 0.15) is 113 Å². The number of aromatic nitrogens is 6. The molecular weight excluding hydrogens is 826 g/mol. The minimum atomic E-state index is -0.764. The van der Waals surface area contributed by atoms with E-state index in [0.29, 0.717) is 58.8 Å². The fraction of sp³-hybridized carbons (Fsp3) is 0.435. The third-order valence-electron chi connectivity index (χ3n) is 12.0. The molecule has 3 N–H and O–H groups in total. The van der Waals surface area contributed by atoms with Crippen molar-refractivity contribution >= 4 is 40.3 Å². The van der Waals surface area contributed by atoms with E-state index in [1.54, 1.807) is 35.7 Å². The monoisotopic (exact) mass is 877 g/mol. The van der Waals surface area contributed by atoms with Crippen LogP contribution in [0.2, 0.25) is 0 Å². The van der Waals surface area contributed by atoms with Gasteiger partial charge in [0, 0.05) is 42.2 Å². The van der Waals surface area contributed by atoms with Gasteiger partial charge in [0.25, 0.3) is 0 Å². The Balaban J connectivity index is 1.04. The molecule has 2 aliphatic heterocycles. The number of fused-ring (bicyclic) bond motifs is 5. The SMILES string of the molecule is COC(=O)NC(C(=O)N1CCCC1c1ncc(-c2cc(F)c3c(c2)OC(c2cnc(C4CC4)s2)n2c-3cc3cc(-c4cnc(C(C)N(C)C(=O)OC(C)(C)C)[nH]4)ccc32)[nH]1)C(C)C. The molecule has 4 unspecified atom stereocenters. The molecule has 0 spiro atoms. The van der Waals surface area contributed by atoms with Gasteiger partial charge in [0.2, 0.25) is 12.1 Å². The van der Waals surface area contributed by atoms with Crippen LogP contribution in [-0.2, 0) is 14.3 Å². The van der Waals surface area contributed by atoms with Crippen LogP contribution in [0.4, 0.5) is 14.0 Å². The summed E-state index contributed by atoms with van der Waals surface area (Å²) in [6, 6.07) is 9.88. The van der Waals surface area contributed by atoms with Crippen molar-refractivity contribution in [2.45, 2.75) is 103 Å². The molecule has 9 rings (SSSR count). The maximum Gasteiger partial charge on any atom is 0.410 e. The molecule has 1 aliphatic carbocycles. The third kappa shape index (κ3) is 8.02. The van der Waals surface area contributed by atoms with E-state index in [1.807, 2.05) is 82.6 Å². The molecule has 3 aliphatic rings. The largest absolute Gasteiger partial charge is 0.464 e. The zero-order valence-corrected chi connectivity index (χ0v) is 37.4. The van der Waals surface area contributed by atoms with Crippen LogP contribution >= 0.6 is 11.3 Å². The molecule has 17 heteroatoms. The van der Waals surface area contributed by atoms with Crippen LogP contribution < -0.4 is 10.1 Å². The first-order chi connectivity index (χ1) is 30.1. The predicted molar refractivity (Wildman–Crippen MR) is 236 cm³/mol. The molecule has 330 valence electrons. The molecule has 15 nitrogen and oxygen atoms in total. The highest BCUT2D eigenvalue weighted by Gasteiger charge is 2.39. The number of hydrogen-bond donors (Lipinski definition) is 3. The number of benzene rings is 2. The number of carbonyl (C=O) groups excluding carboxylic acids is 3. The van der Waals surface area contributed by atoms with Crippen molar-refractivity contribution in [3.63, 3.8) is 0 Å². The van der Waals surface area contributed by atoms with Crippen molar-refractivity contribution in [2.75, 3.05) is 20.7 Å². The van der Waals surface area contributed by atoms with Crippen molar-refractivity contribution in [1.29, 1.82) is 0 Å². The topological polar surface area (TPSA) is 173 Å². The number of nitrogens with zero attached hydrogens (tertiary/aromatic N) is 6. The van der Waals surface area contributed by atoms with E-state index >= 15 is 4.39 Å². The Morgan fingerprint density at radius 2 is 1.75 bits per heavy atom. The number of thiazole rings is 1. The number of nitrogens with one attached hydrogen (secondary N) is 3. The minimum absolute atomic E-state index is 0.169. The highest BCUT2D eigenvalue weighted by Crippen LogP contribution is 2.50. The number of carbonyl (C=O) groups is 3. The normalized spacial score (nSPS) is 18.2. The first kappa shape index (κ1) is 42.1. The number of ether oxygens (including phenoxy) is 3. The Kier molecular flexibility index (Phi) is 10.8. The lowest BCUT2D eigenvalue weighted by atomic mass is 10.0. The fourth-order valence-corrected chi connectivity index (χ4v) is 9.55. The lowest BCUT2D eigenvalue weighted by Crippen LogP contribution is -2.51. The number of H-pyrrole nitrogens is 2. The Morgan fingerprint density at radius 3 is 2.48 bits per heavy atom. The van der Waals surface area contributed by atoms with Crippen molar-refractivity contribution in [3.05, 3.63) is 82.3 Å². The van der Waals surface area contributed by atoms with E-state index in [0.717, 1.165) is 51.3 Å². The molecule has 4 aromatic heterocycles. The summed E-state index contributed by atoms with van der Waals surface area (Å²) < 4.78 is 36.0. The van der Waals surface area contributed by atoms with Gasteiger partial charge < -0.3 is 39.3 Å². The summed E-state index contributed by atoms with van der Waals surface area (Å²) >= 11 is 1.63. The zero-order chi connectivity index (χ0) is 44.5. The molecule has 1 saturated carbocycles. The summed E-state index contributed by atoms with van der Waals surface area (Å²) in [6.07, 6.45) is 7.24. The maximum atomic E-state index is 16.8. The molecule has 3 amide bonds. The molecule has 6 aromatic rings. The first-order valence-electron chi connectivity index (χ1n) is 21.4. The fourth-order valence-electron chi connectivity index (χ4n) is 8.44. The van der Waals surface area contributed by atoms with E-state index in [2.05, 4.69) is 20.3 Å². The molecule has 0 radical (unpaired) electrons. The van der Waals surface area contributed by atoms with E-state index in [4.69, 9.17) is 24.2 Å². The van der Waals surface area contributed by atoms with Crippen LogP contribution in [0.5, 0.6) is 5.75 Å². The van der Waals surface area contributed by atoms with Crippen LogP contribution in [0, 0.1) is 11.7 Å². The number of likely N-dealkylation sites (tertiary alicyclic amines) is 1. The highest BCUT2D eigenvalue weighted by atomic mass is 32.1. The number of aromatic amines is 2. The molecule has 2 aromatic carbocycles. The average molecular weight is 878 g/mol. The summed E-state index contributed by atoms with van der Waals surface area (Å²) in [5, 5.41) is 4.64. The number of alkyl carbamates (subject to hydrolysis) is 1. The van der Waals surface area contributed by atoms with Crippen molar-refractivity contribution in [1.82, 2.24) is 44.6 Å². The van der Waals surface area contributed by atoms with Gasteiger partial charge in [0.05, 0.1) is 69.6 Å². The maximum absolute atomic E-state index is 16.8. The van der Waals surface area contributed by atoms with E-state index < -0.39 is 35.9 Å². The van der Waals surface area contributed by atoms with E-state index in [9.17, 15) is 14.4 Å². The summed E-state index contributed by atoms with van der Waals surface area (Å²) in [5.41, 5.74) is 4.01. The van der Waals surface area contributed by atoms with Crippen molar-refractivity contribution in [3.8, 4) is 39.5 Å². The molecule has 2 fully saturated rings. The van der Waals surface area contributed by atoms with Crippen molar-refractivity contribution < 1.29 is 33.0 Å². The van der Waals surface area contributed by atoms with Crippen LogP contribution in [0.15, 0.2) is 55.0 Å². The van der Waals surface area contributed by atoms with E-state index in [-0.39, 0.29) is 23.9 Å². The van der Waals surface area contributed by atoms with Gasteiger partial charge >= 0.3 is 12.2 Å². The summed E-state index contributed by atoms with van der Waals surface area (Å²) in [6.45, 7) is 11.6. The van der Waals surface area contributed by atoms with Gasteiger partial charge in [-0.15, -0.1) is 11.3 Å². The standard InChI is InChI=1S/C46H52FN9O6S/c1-23(2)38(53-44(58)60-8)42(57)55-15-9-10-33(55)40-49-21-31(52-40)27-17-29(47)37-34-18-28-16-26(30-20-48-39(51-30)24(3)54(7)45(59)62-46(4,5)6)13-14-32(28)56(34)43(61-35(37)19-27)36-22-50-41(63-36)25-11-12-25/h13-14,16-25,33,38,43H,9-12,15H2,1-8H3,(H,48,51)(H,49,52)(H,53,58). The van der Waals surface area contributed by atoms with Crippen molar-refractivity contribution in [2.24, 2.45) is 5.92 Å². The van der Waals surface area contributed by atoms with E-state index in [1.165, 1.54) is 18.1 Å². The Bertz CT molecular complexity index is 2730. The quantitative estimate of drug-likeness (QED) is 0.121. The van der Waals surface area contributed by atoms with Crippen LogP contribution in [0.3, 0.4) is 0 Å². The number of amides is 3. The smallest absolute Gasteiger partial charge is 0.410 e. The first-order valence-corrected chi connectivity index (χ1v) is 22.2. The Labute approximate surface area is 368 Å². The number of halogens is 1. The molecule has 4 atom stereocenters. The van der Waals surface area contributed by atoms with Gasteiger partial charge in [0.1, 0.15) is 34.9 Å². The zero-order valence-electron chi connectivity index (χ0n) is 36.6. The molecule has 63 heavy (non-hydrogen) atoms. The lowest BCUT2D eigenvalue weighted by molar-refractivity contribution is -0.135. The average Bonchev–Trinajstić information content (AvgIpc) is 3.84. The Hall–Kier alpha value is -6.23. The second kappa shape index (κ2) is 16.2. The Morgan fingerprint density at radius 1 is 0.984 bits per heavy atom. The number of methoxy groups -OCH3 is 1. The molecule has 1 saturated heterocycles. The van der Waals surface area contributed by atoms with Gasteiger partial charge in [-0.3, -0.25) is 9.36 Å².